The minimum absolute atomic E-state index is 0.319. The van der Waals surface area contributed by atoms with Crippen LogP contribution in [0.1, 0.15) is 33.1 Å². The first-order chi connectivity index (χ1) is 8.91. The summed E-state index contributed by atoms with van der Waals surface area (Å²) in [6.45, 7) is 4.17. The number of anilines is 1. The van der Waals surface area contributed by atoms with Crippen LogP contribution in [-0.2, 0) is 4.79 Å². The van der Waals surface area contributed by atoms with Gasteiger partial charge >= 0.3 is 5.97 Å². The molecule has 1 aromatic rings. The van der Waals surface area contributed by atoms with Gasteiger partial charge in [0.25, 0.3) is 0 Å². The summed E-state index contributed by atoms with van der Waals surface area (Å²) in [4.78, 5) is 11.7. The quantitative estimate of drug-likeness (QED) is 0.879. The van der Waals surface area contributed by atoms with Crippen LogP contribution in [0.5, 0.6) is 0 Å². The van der Waals surface area contributed by atoms with Crippen LogP contribution in [0.15, 0.2) is 24.3 Å². The Morgan fingerprint density at radius 3 is 2.26 bits per heavy atom. The van der Waals surface area contributed by atoms with Gasteiger partial charge in [0.2, 0.25) is 0 Å². The Morgan fingerprint density at radius 1 is 1.26 bits per heavy atom. The van der Waals surface area contributed by atoms with Crippen LogP contribution in [0.2, 0.25) is 0 Å². The summed E-state index contributed by atoms with van der Waals surface area (Å²) in [5.41, 5.74) is -0.278. The van der Waals surface area contributed by atoms with E-state index in [0.717, 1.165) is 6.42 Å². The second-order valence-electron chi connectivity index (χ2n) is 5.87. The van der Waals surface area contributed by atoms with Gasteiger partial charge < -0.3 is 10.4 Å². The Bertz CT molecular complexity index is 448. The van der Waals surface area contributed by atoms with E-state index in [4.69, 9.17) is 0 Å². The van der Waals surface area contributed by atoms with Crippen molar-refractivity contribution in [3.8, 4) is 0 Å². The molecule has 2 rings (SSSR count). The maximum Gasteiger partial charge on any atom is 0.329 e. The highest BCUT2D eigenvalue weighted by atomic mass is 19.1. The largest absolute Gasteiger partial charge is 0.480 e. The van der Waals surface area contributed by atoms with Crippen LogP contribution in [0.3, 0.4) is 0 Å². The zero-order valence-corrected chi connectivity index (χ0v) is 11.3. The lowest BCUT2D eigenvalue weighted by Crippen LogP contribution is -2.51. The minimum atomic E-state index is -0.936. The van der Waals surface area contributed by atoms with Crippen molar-refractivity contribution in [2.75, 3.05) is 5.32 Å². The van der Waals surface area contributed by atoms with Gasteiger partial charge in [-0.1, -0.05) is 13.8 Å². The maximum atomic E-state index is 12.9. The van der Waals surface area contributed by atoms with E-state index in [2.05, 4.69) is 19.2 Å². The summed E-state index contributed by atoms with van der Waals surface area (Å²) < 4.78 is 12.9. The standard InChI is InChI=1S/C15H20FNO2/c1-10-7-11(2)9-15(8-10,14(18)19)17-13-5-3-12(16)4-6-13/h3-6,10-11,17H,7-9H2,1-2H3,(H,18,19). The Labute approximate surface area is 112 Å². The van der Waals surface area contributed by atoms with E-state index in [-0.39, 0.29) is 5.82 Å². The molecule has 2 unspecified atom stereocenters. The number of carboxylic acids is 1. The number of hydrogen-bond donors (Lipinski definition) is 2. The topological polar surface area (TPSA) is 49.3 Å². The highest BCUT2D eigenvalue weighted by Gasteiger charge is 2.44. The molecule has 0 radical (unpaired) electrons. The molecule has 1 aromatic carbocycles. The average molecular weight is 265 g/mol. The van der Waals surface area contributed by atoms with Crippen LogP contribution in [0.25, 0.3) is 0 Å². The van der Waals surface area contributed by atoms with Crippen LogP contribution >= 0.6 is 0 Å². The van der Waals surface area contributed by atoms with E-state index < -0.39 is 11.5 Å². The molecule has 0 aliphatic heterocycles. The van der Waals surface area contributed by atoms with Gasteiger partial charge in [0.15, 0.2) is 0 Å². The molecular formula is C15H20FNO2. The summed E-state index contributed by atoms with van der Waals surface area (Å²) in [6, 6.07) is 5.86. The molecule has 1 fully saturated rings. The molecule has 0 bridgehead atoms. The molecule has 104 valence electrons. The Kier molecular flexibility index (Phi) is 3.78. The first kappa shape index (κ1) is 13.8. The van der Waals surface area contributed by atoms with Crippen molar-refractivity contribution in [1.82, 2.24) is 0 Å². The van der Waals surface area contributed by atoms with Crippen LogP contribution in [-0.4, -0.2) is 16.6 Å². The maximum absolute atomic E-state index is 12.9. The van der Waals surface area contributed by atoms with Crippen LogP contribution in [0, 0.1) is 17.7 Å². The van der Waals surface area contributed by atoms with E-state index in [1.54, 1.807) is 12.1 Å². The van der Waals surface area contributed by atoms with Crippen molar-refractivity contribution < 1.29 is 14.3 Å². The number of hydrogen-bond acceptors (Lipinski definition) is 2. The van der Waals surface area contributed by atoms with Crippen LogP contribution in [0.4, 0.5) is 10.1 Å². The van der Waals surface area contributed by atoms with Crippen molar-refractivity contribution in [3.63, 3.8) is 0 Å². The smallest absolute Gasteiger partial charge is 0.329 e. The van der Waals surface area contributed by atoms with Gasteiger partial charge in [-0.3, -0.25) is 0 Å². The molecule has 1 saturated carbocycles. The lowest BCUT2D eigenvalue weighted by molar-refractivity contribution is -0.144. The molecule has 0 heterocycles. The number of rotatable bonds is 3. The Morgan fingerprint density at radius 2 is 1.79 bits per heavy atom. The van der Waals surface area contributed by atoms with Crippen molar-refractivity contribution >= 4 is 11.7 Å². The molecule has 1 aliphatic rings. The average Bonchev–Trinajstić information content (AvgIpc) is 2.30. The lowest BCUT2D eigenvalue weighted by atomic mass is 9.71. The third kappa shape index (κ3) is 3.06. The predicted octanol–water partition coefficient (Wildman–Crippen LogP) is 3.52. The van der Waals surface area contributed by atoms with Gasteiger partial charge in [0.05, 0.1) is 0 Å². The zero-order valence-electron chi connectivity index (χ0n) is 11.3. The first-order valence-corrected chi connectivity index (χ1v) is 6.68. The van der Waals surface area contributed by atoms with E-state index in [1.165, 1.54) is 12.1 Å². The number of nitrogens with one attached hydrogen (secondary N) is 1. The SMILES string of the molecule is CC1CC(C)CC(Nc2ccc(F)cc2)(C(=O)O)C1. The van der Waals surface area contributed by atoms with Crippen molar-refractivity contribution in [2.24, 2.45) is 11.8 Å². The van der Waals surface area contributed by atoms with Gasteiger partial charge in [-0.05, 0) is 55.4 Å². The number of carboxylic acid groups (broad SMARTS) is 1. The van der Waals surface area contributed by atoms with Crippen molar-refractivity contribution in [3.05, 3.63) is 30.1 Å². The van der Waals surface area contributed by atoms with Gasteiger partial charge in [0.1, 0.15) is 11.4 Å². The van der Waals surface area contributed by atoms with Gasteiger partial charge in [-0.15, -0.1) is 0 Å². The molecular weight excluding hydrogens is 245 g/mol. The fraction of sp³-hybridized carbons (Fsp3) is 0.533. The molecule has 19 heavy (non-hydrogen) atoms. The Balaban J connectivity index is 2.24. The van der Waals surface area contributed by atoms with Crippen molar-refractivity contribution in [2.45, 2.75) is 38.6 Å². The first-order valence-electron chi connectivity index (χ1n) is 6.68. The van der Waals surface area contributed by atoms with Gasteiger partial charge in [-0.25, -0.2) is 9.18 Å². The minimum Gasteiger partial charge on any atom is -0.480 e. The second kappa shape index (κ2) is 5.19. The van der Waals surface area contributed by atoms with E-state index in [9.17, 15) is 14.3 Å². The normalized spacial score (nSPS) is 30.9. The summed E-state index contributed by atoms with van der Waals surface area (Å²) in [5.74, 6) is -0.406. The number of benzene rings is 1. The fourth-order valence-corrected chi connectivity index (χ4v) is 3.27. The number of carbonyl (C=O) groups is 1. The molecule has 2 N–H and O–H groups in total. The molecule has 0 saturated heterocycles. The molecule has 4 heteroatoms. The van der Waals surface area contributed by atoms with Crippen molar-refractivity contribution in [1.29, 1.82) is 0 Å². The Hall–Kier alpha value is -1.58. The van der Waals surface area contributed by atoms with Crippen LogP contribution < -0.4 is 5.32 Å². The summed E-state index contributed by atoms with van der Waals surface area (Å²) in [6.07, 6.45) is 2.26. The molecule has 3 nitrogen and oxygen atoms in total. The van der Waals surface area contributed by atoms with E-state index in [0.29, 0.717) is 30.4 Å². The summed E-state index contributed by atoms with van der Waals surface area (Å²) in [5, 5.41) is 12.7. The fourth-order valence-electron chi connectivity index (χ4n) is 3.27. The van der Waals surface area contributed by atoms with Gasteiger partial charge in [0, 0.05) is 5.69 Å². The van der Waals surface area contributed by atoms with E-state index in [1.807, 2.05) is 0 Å². The van der Waals surface area contributed by atoms with Gasteiger partial charge in [-0.2, -0.15) is 0 Å². The lowest BCUT2D eigenvalue weighted by Gasteiger charge is -2.40. The number of halogens is 1. The monoisotopic (exact) mass is 265 g/mol. The molecule has 2 atom stereocenters. The summed E-state index contributed by atoms with van der Waals surface area (Å²) in [7, 11) is 0. The van der Waals surface area contributed by atoms with E-state index >= 15 is 0 Å². The number of aliphatic carboxylic acids is 1. The highest BCUT2D eigenvalue weighted by Crippen LogP contribution is 2.38. The zero-order chi connectivity index (χ0) is 14.0. The third-order valence-electron chi connectivity index (χ3n) is 3.84. The molecule has 1 aliphatic carbocycles. The highest BCUT2D eigenvalue weighted by molar-refractivity contribution is 5.83. The third-order valence-corrected chi connectivity index (χ3v) is 3.84. The molecule has 0 spiro atoms. The molecule has 0 aromatic heterocycles. The molecule has 0 amide bonds. The predicted molar refractivity (Wildman–Crippen MR) is 72.6 cm³/mol. The summed E-state index contributed by atoms with van der Waals surface area (Å²) >= 11 is 0. The second-order valence-corrected chi connectivity index (χ2v) is 5.87.